The summed E-state index contributed by atoms with van der Waals surface area (Å²) >= 11 is 0. The van der Waals surface area contributed by atoms with Crippen LogP contribution < -0.4 is 15.1 Å². The topological polar surface area (TPSA) is 102 Å². The number of allylic oxidation sites excluding steroid dienone is 1. The largest absolute Gasteiger partial charge is 0.444 e. The molecule has 10 heteroatoms. The van der Waals surface area contributed by atoms with E-state index < -0.39 is 11.6 Å². The smallest absolute Gasteiger partial charge is 0.410 e. The second-order valence-electron chi connectivity index (χ2n) is 11.0. The average molecular weight is 522 g/mol. The fourth-order valence-corrected chi connectivity index (χ4v) is 5.45. The van der Waals surface area contributed by atoms with Crippen LogP contribution in [0.3, 0.4) is 0 Å². The van der Waals surface area contributed by atoms with E-state index in [4.69, 9.17) is 4.74 Å². The highest BCUT2D eigenvalue weighted by molar-refractivity contribution is 5.90. The van der Waals surface area contributed by atoms with Crippen molar-refractivity contribution in [1.29, 1.82) is 0 Å². The van der Waals surface area contributed by atoms with E-state index in [-0.39, 0.29) is 17.8 Å². The molecule has 38 heavy (non-hydrogen) atoms. The maximum atomic E-state index is 12.5. The quantitative estimate of drug-likeness (QED) is 0.599. The monoisotopic (exact) mass is 521 g/mol. The van der Waals surface area contributed by atoms with Crippen LogP contribution in [-0.4, -0.2) is 78.6 Å². The minimum Gasteiger partial charge on any atom is -0.444 e. The molecule has 2 fully saturated rings. The van der Waals surface area contributed by atoms with Crippen molar-refractivity contribution in [1.82, 2.24) is 15.1 Å². The second kappa shape index (κ2) is 10.9. The molecule has 0 spiro atoms. The molecule has 3 heterocycles. The van der Waals surface area contributed by atoms with Crippen LogP contribution in [0.5, 0.6) is 0 Å². The molecule has 3 aliphatic rings. The van der Waals surface area contributed by atoms with Crippen LogP contribution in [0.25, 0.3) is 0 Å². The number of para-hydroxylation sites is 1. The lowest BCUT2D eigenvalue weighted by molar-refractivity contribution is 0.0149. The van der Waals surface area contributed by atoms with Gasteiger partial charge < -0.3 is 24.8 Å². The number of amides is 1. The van der Waals surface area contributed by atoms with Gasteiger partial charge in [0.05, 0.1) is 17.4 Å². The van der Waals surface area contributed by atoms with Crippen LogP contribution in [0.4, 0.5) is 16.2 Å². The SMILES string of the molecule is CN1C(=C=O)N(C2CCC(=C=O)NC2=C=O)c2cccc(CN3CCC(N(C)C(=O)OC(C)(C)C)CC3)c21. The zero-order valence-corrected chi connectivity index (χ0v) is 22.7. The van der Waals surface area contributed by atoms with Crippen molar-refractivity contribution in [2.24, 2.45) is 0 Å². The van der Waals surface area contributed by atoms with E-state index in [1.807, 2.05) is 67.7 Å². The Labute approximate surface area is 223 Å². The summed E-state index contributed by atoms with van der Waals surface area (Å²) in [6.07, 6.45) is 2.24. The summed E-state index contributed by atoms with van der Waals surface area (Å²) in [5.74, 6) is 6.09. The molecule has 4 rings (SSSR count). The van der Waals surface area contributed by atoms with Crippen molar-refractivity contribution in [3.63, 3.8) is 0 Å². The summed E-state index contributed by atoms with van der Waals surface area (Å²) < 4.78 is 5.53. The fraction of sp³-hybridized carbons (Fsp3) is 0.536. The molecule has 0 radical (unpaired) electrons. The first kappa shape index (κ1) is 27.2. The third-order valence-corrected chi connectivity index (χ3v) is 7.34. The molecule has 0 saturated carbocycles. The molecule has 2 saturated heterocycles. The normalized spacial score (nSPS) is 20.3. The summed E-state index contributed by atoms with van der Waals surface area (Å²) in [6.45, 7) is 7.90. The number of anilines is 2. The second-order valence-corrected chi connectivity index (χ2v) is 11.0. The maximum Gasteiger partial charge on any atom is 0.410 e. The van der Waals surface area contributed by atoms with Gasteiger partial charge >= 0.3 is 6.09 Å². The highest BCUT2D eigenvalue weighted by atomic mass is 16.6. The van der Waals surface area contributed by atoms with Gasteiger partial charge in [0.1, 0.15) is 28.9 Å². The van der Waals surface area contributed by atoms with E-state index in [9.17, 15) is 19.2 Å². The third-order valence-electron chi connectivity index (χ3n) is 7.34. The standard InChI is InChI=1S/C28H35N5O5/c1-28(2,3)38-27(37)30(4)21-11-13-32(14-12-21)15-19-7-6-8-24-26(19)31(5)25(18-36)33(24)23-10-9-20(16-34)29-22(23)17-35/h6-8,21,23,29H,9-15H2,1-5H3. The minimum atomic E-state index is -0.530. The first-order valence-corrected chi connectivity index (χ1v) is 12.9. The molecule has 0 aliphatic carbocycles. The lowest BCUT2D eigenvalue weighted by atomic mass is 9.99. The van der Waals surface area contributed by atoms with Crippen molar-refractivity contribution >= 4 is 35.3 Å². The van der Waals surface area contributed by atoms with Crippen LogP contribution in [0.1, 0.15) is 52.0 Å². The van der Waals surface area contributed by atoms with E-state index >= 15 is 0 Å². The maximum absolute atomic E-state index is 12.5. The summed E-state index contributed by atoms with van der Waals surface area (Å²) in [6, 6.07) is 5.56. The molecule has 1 amide bonds. The van der Waals surface area contributed by atoms with Crippen molar-refractivity contribution in [2.75, 3.05) is 37.0 Å². The predicted molar refractivity (Wildman–Crippen MR) is 143 cm³/mol. The molecule has 1 unspecified atom stereocenters. The van der Waals surface area contributed by atoms with Gasteiger partial charge in [-0.1, -0.05) is 12.1 Å². The van der Waals surface area contributed by atoms with Gasteiger partial charge in [-0.3, -0.25) is 4.90 Å². The van der Waals surface area contributed by atoms with Crippen molar-refractivity contribution in [3.8, 4) is 0 Å². The Morgan fingerprint density at radius 2 is 1.82 bits per heavy atom. The first-order valence-electron chi connectivity index (χ1n) is 12.9. The van der Waals surface area contributed by atoms with Gasteiger partial charge in [-0.05, 0) is 51.7 Å². The number of rotatable bonds is 4. The molecular formula is C28H35N5O5. The van der Waals surface area contributed by atoms with Gasteiger partial charge in [-0.25, -0.2) is 19.2 Å². The van der Waals surface area contributed by atoms with Crippen LogP contribution in [0.15, 0.2) is 35.4 Å². The fourth-order valence-electron chi connectivity index (χ4n) is 5.45. The Bertz CT molecular complexity index is 1240. The number of hydrogen-bond donors (Lipinski definition) is 1. The Morgan fingerprint density at radius 3 is 2.42 bits per heavy atom. The zero-order valence-electron chi connectivity index (χ0n) is 22.7. The van der Waals surface area contributed by atoms with E-state index in [0.29, 0.717) is 30.9 Å². The Kier molecular flexibility index (Phi) is 7.81. The van der Waals surface area contributed by atoms with Crippen molar-refractivity contribution in [2.45, 2.75) is 70.7 Å². The number of likely N-dealkylation sites (tertiary alicyclic amines) is 1. The van der Waals surface area contributed by atoms with Gasteiger partial charge in [0.15, 0.2) is 5.94 Å². The molecule has 202 valence electrons. The van der Waals surface area contributed by atoms with E-state index in [0.717, 1.165) is 42.9 Å². The zero-order chi connectivity index (χ0) is 27.6. The molecule has 1 atom stereocenters. The van der Waals surface area contributed by atoms with Gasteiger partial charge in [-0.15, -0.1) is 0 Å². The van der Waals surface area contributed by atoms with Gasteiger partial charge in [0.2, 0.25) is 5.82 Å². The first-order chi connectivity index (χ1) is 18.1. The van der Waals surface area contributed by atoms with Gasteiger partial charge in [-0.2, -0.15) is 0 Å². The molecule has 10 nitrogen and oxygen atoms in total. The van der Waals surface area contributed by atoms with Gasteiger partial charge in [0.25, 0.3) is 0 Å². The summed E-state index contributed by atoms with van der Waals surface area (Å²) in [5.41, 5.74) is 2.72. The summed E-state index contributed by atoms with van der Waals surface area (Å²) in [4.78, 5) is 55.1. The summed E-state index contributed by atoms with van der Waals surface area (Å²) in [7, 11) is 3.62. The minimum absolute atomic E-state index is 0.114. The van der Waals surface area contributed by atoms with E-state index in [1.165, 1.54) is 0 Å². The number of benzene rings is 1. The van der Waals surface area contributed by atoms with Crippen LogP contribution >= 0.6 is 0 Å². The molecule has 0 aromatic heterocycles. The number of fused-ring (bicyclic) bond motifs is 1. The highest BCUT2D eigenvalue weighted by Gasteiger charge is 2.40. The Hall–Kier alpha value is -3.80. The molecule has 1 N–H and O–H groups in total. The molecule has 1 aromatic carbocycles. The van der Waals surface area contributed by atoms with Crippen LogP contribution in [-0.2, 0) is 25.7 Å². The lowest BCUT2D eigenvalue weighted by Gasteiger charge is -2.37. The Balaban J connectivity index is 1.51. The van der Waals surface area contributed by atoms with Crippen LogP contribution in [0.2, 0.25) is 0 Å². The number of nitrogens with one attached hydrogen (secondary N) is 1. The number of piperidine rings is 2. The number of carbonyl (C=O) groups excluding carboxylic acids is 4. The molecule has 3 aliphatic heterocycles. The number of nitrogens with zero attached hydrogens (tertiary/aromatic N) is 4. The highest BCUT2D eigenvalue weighted by Crippen LogP contribution is 2.45. The molecule has 1 aromatic rings. The Morgan fingerprint density at radius 1 is 1.11 bits per heavy atom. The van der Waals surface area contributed by atoms with E-state index in [1.54, 1.807) is 11.9 Å². The molecular weight excluding hydrogens is 486 g/mol. The lowest BCUT2D eigenvalue weighted by Crippen LogP contribution is -2.46. The number of carbonyl (C=O) groups is 1. The number of ether oxygens (including phenoxy) is 1. The van der Waals surface area contributed by atoms with Crippen molar-refractivity contribution in [3.05, 3.63) is 41.0 Å². The van der Waals surface area contributed by atoms with Crippen LogP contribution in [0, 0.1) is 0 Å². The summed E-state index contributed by atoms with van der Waals surface area (Å²) in [5, 5.41) is 2.82. The van der Waals surface area contributed by atoms with Gasteiger partial charge in [0, 0.05) is 46.2 Å². The number of hydrogen-bond acceptors (Lipinski definition) is 9. The van der Waals surface area contributed by atoms with Crippen molar-refractivity contribution < 1.29 is 23.9 Å². The van der Waals surface area contributed by atoms with E-state index in [2.05, 4.69) is 16.2 Å². The third kappa shape index (κ3) is 5.40. The average Bonchev–Trinajstić information content (AvgIpc) is 3.19. The predicted octanol–water partition coefficient (Wildman–Crippen LogP) is 2.63. The molecule has 0 bridgehead atoms.